The molecule has 2 rings (SSSR count). The van der Waals surface area contributed by atoms with Gasteiger partial charge in [-0.3, -0.25) is 4.79 Å². The number of carbonyl (C=O) groups is 3. The van der Waals surface area contributed by atoms with Crippen LogP contribution >= 0.6 is 11.6 Å². The molecule has 2 amide bonds. The second-order valence-electron chi connectivity index (χ2n) is 7.92. The molecule has 0 aliphatic carbocycles. The average Bonchev–Trinajstić information content (AvgIpc) is 3.08. The molecule has 1 aliphatic heterocycles. The van der Waals surface area contributed by atoms with Gasteiger partial charge in [-0.15, -0.1) is 6.42 Å². The van der Waals surface area contributed by atoms with Gasteiger partial charge < -0.3 is 20.1 Å². The fourth-order valence-corrected chi connectivity index (χ4v) is 5.19. The Morgan fingerprint density at radius 3 is 2.48 bits per heavy atom. The molecule has 33 heavy (non-hydrogen) atoms. The number of hydrogen-bond donors (Lipinski definition) is 2. The van der Waals surface area contributed by atoms with Crippen LogP contribution in [0.4, 0.5) is 10.5 Å². The van der Waals surface area contributed by atoms with Gasteiger partial charge in [-0.2, -0.15) is 0 Å². The second-order valence-corrected chi connectivity index (χ2v) is 10.5. The summed E-state index contributed by atoms with van der Waals surface area (Å²) in [7, 11) is -0.886. The largest absolute Gasteiger partial charge is 0.480 e. The zero-order valence-electron chi connectivity index (χ0n) is 18.9. The first kappa shape index (κ1) is 26.2. The van der Waals surface area contributed by atoms with E-state index >= 15 is 0 Å². The third-order valence-corrected chi connectivity index (χ3v) is 7.44. The van der Waals surface area contributed by atoms with Gasteiger partial charge in [0.2, 0.25) is 0 Å². The molecule has 2 atom stereocenters. The minimum Gasteiger partial charge on any atom is -0.480 e. The number of carboxylic acids is 1. The summed E-state index contributed by atoms with van der Waals surface area (Å²) in [5.74, 6) is -0.602. The summed E-state index contributed by atoms with van der Waals surface area (Å²) in [5, 5.41) is 10.3. The van der Waals surface area contributed by atoms with Crippen LogP contribution in [0, 0.1) is 25.2 Å². The van der Waals surface area contributed by atoms with Crippen molar-refractivity contribution in [1.82, 2.24) is 4.90 Å². The van der Waals surface area contributed by atoms with Crippen LogP contribution < -0.4 is 5.32 Å². The number of hydrogen-bond acceptors (Lipinski definition) is 6. The topological polar surface area (TPSA) is 130 Å². The van der Waals surface area contributed by atoms with Crippen LogP contribution in [0.1, 0.15) is 39.5 Å². The molecule has 0 saturated heterocycles. The fourth-order valence-electron chi connectivity index (χ4n) is 3.66. The Kier molecular flexibility index (Phi) is 7.83. The van der Waals surface area contributed by atoms with Crippen molar-refractivity contribution in [2.75, 3.05) is 25.7 Å². The van der Waals surface area contributed by atoms with Crippen molar-refractivity contribution in [3.8, 4) is 12.3 Å². The summed E-state index contributed by atoms with van der Waals surface area (Å²) in [4.78, 5) is 37.7. The van der Waals surface area contributed by atoms with Gasteiger partial charge in [-0.1, -0.05) is 30.5 Å². The molecule has 1 aliphatic rings. The first-order valence-corrected chi connectivity index (χ1v) is 12.1. The zero-order chi connectivity index (χ0) is 25.2. The number of benzene rings is 1. The third kappa shape index (κ3) is 5.31. The van der Waals surface area contributed by atoms with Gasteiger partial charge in [-0.05, 0) is 24.5 Å². The molecule has 1 aromatic rings. The van der Waals surface area contributed by atoms with Crippen LogP contribution in [-0.4, -0.2) is 62.0 Å². The number of sulfone groups is 1. The molecular formula is C22H25ClN2O7S. The van der Waals surface area contributed by atoms with E-state index in [1.54, 1.807) is 6.92 Å². The highest BCUT2D eigenvalue weighted by Crippen LogP contribution is 2.37. The summed E-state index contributed by atoms with van der Waals surface area (Å²) in [6.07, 6.45) is 8.00. The Bertz CT molecular complexity index is 1200. The standard InChI is InChI=1S/C22H25ClN2O7S/c1-7-13-11(2)15-10-32-21(28)17(15)18(24-22(29)25(4)5)14(13)8-9-16(23)12(3)19(20(26)27)33(6,30)31/h1,9,12,19H,8,10H2,2-6H3,(H,24,29)(H,26,27)/b16-9+. The molecule has 178 valence electrons. The Balaban J connectivity index is 2.64. The van der Waals surface area contributed by atoms with Gasteiger partial charge >= 0.3 is 18.0 Å². The molecule has 0 bridgehead atoms. The second kappa shape index (κ2) is 9.85. The molecule has 9 nitrogen and oxygen atoms in total. The number of amides is 2. The molecule has 0 spiro atoms. The normalized spacial score (nSPS) is 15.2. The Morgan fingerprint density at radius 1 is 1.39 bits per heavy atom. The number of ether oxygens (including phenoxy) is 1. The highest BCUT2D eigenvalue weighted by Gasteiger charge is 2.36. The molecule has 0 fully saturated rings. The first-order chi connectivity index (χ1) is 15.2. The van der Waals surface area contributed by atoms with Gasteiger partial charge in [0.15, 0.2) is 15.1 Å². The number of esters is 1. The van der Waals surface area contributed by atoms with Crippen molar-refractivity contribution in [3.05, 3.63) is 38.9 Å². The number of rotatable bonds is 7. The van der Waals surface area contributed by atoms with E-state index in [4.69, 9.17) is 22.8 Å². The van der Waals surface area contributed by atoms with Gasteiger partial charge in [0.1, 0.15) is 6.61 Å². The Hall–Kier alpha value is -3.03. The summed E-state index contributed by atoms with van der Waals surface area (Å²) in [5.41, 5.74) is 2.39. The van der Waals surface area contributed by atoms with Crippen LogP contribution in [0.2, 0.25) is 0 Å². The number of aliphatic carboxylic acids is 1. The lowest BCUT2D eigenvalue weighted by Gasteiger charge is -2.21. The maximum absolute atomic E-state index is 12.5. The van der Waals surface area contributed by atoms with Crippen LogP contribution in [0.25, 0.3) is 0 Å². The molecule has 2 unspecified atom stereocenters. The van der Waals surface area contributed by atoms with Gasteiger partial charge in [0.05, 0.1) is 11.3 Å². The lowest BCUT2D eigenvalue weighted by atomic mass is 9.89. The number of allylic oxidation sites excluding steroid dienone is 2. The highest BCUT2D eigenvalue weighted by molar-refractivity contribution is 7.92. The monoisotopic (exact) mass is 496 g/mol. The number of urea groups is 1. The van der Waals surface area contributed by atoms with E-state index in [0.717, 1.165) is 6.26 Å². The zero-order valence-corrected chi connectivity index (χ0v) is 20.4. The summed E-state index contributed by atoms with van der Waals surface area (Å²) in [6, 6.07) is -0.503. The number of anilines is 1. The first-order valence-electron chi connectivity index (χ1n) is 9.79. The van der Waals surface area contributed by atoms with E-state index in [1.807, 2.05) is 0 Å². The molecule has 2 N–H and O–H groups in total. The number of nitrogens with zero attached hydrogens (tertiary/aromatic N) is 1. The van der Waals surface area contributed by atoms with Crippen molar-refractivity contribution in [2.24, 2.45) is 5.92 Å². The molecule has 0 aromatic heterocycles. The van der Waals surface area contributed by atoms with Crippen molar-refractivity contribution < 1.29 is 32.6 Å². The summed E-state index contributed by atoms with van der Waals surface area (Å²) < 4.78 is 29.0. The number of fused-ring (bicyclic) bond motifs is 1. The molecule has 0 saturated carbocycles. The Morgan fingerprint density at radius 2 is 2.00 bits per heavy atom. The van der Waals surface area contributed by atoms with E-state index < -0.39 is 39.0 Å². The number of carboxylic acid groups (broad SMARTS) is 1. The van der Waals surface area contributed by atoms with Crippen LogP contribution in [0.3, 0.4) is 0 Å². The van der Waals surface area contributed by atoms with E-state index in [2.05, 4.69) is 11.2 Å². The Labute approximate surface area is 197 Å². The van der Waals surface area contributed by atoms with Gasteiger partial charge in [0, 0.05) is 42.4 Å². The maximum atomic E-state index is 12.5. The molecule has 11 heteroatoms. The highest BCUT2D eigenvalue weighted by atomic mass is 35.5. The van der Waals surface area contributed by atoms with E-state index in [0.29, 0.717) is 22.3 Å². The number of nitrogens with one attached hydrogen (secondary N) is 1. The molecule has 0 radical (unpaired) electrons. The minimum absolute atomic E-state index is 0.00322. The summed E-state index contributed by atoms with van der Waals surface area (Å²) >= 11 is 6.31. The van der Waals surface area contributed by atoms with Crippen LogP contribution in [0.5, 0.6) is 0 Å². The quantitative estimate of drug-likeness (QED) is 0.438. The van der Waals surface area contributed by atoms with Crippen molar-refractivity contribution in [2.45, 2.75) is 32.1 Å². The number of carbonyl (C=O) groups excluding carboxylic acids is 2. The number of terminal acetylenes is 1. The SMILES string of the molecule is C#Cc1c(C)c2c(c(NC(=O)N(C)C)c1C/C=C(/Cl)C(C)C(C(=O)O)S(C)(=O)=O)C(=O)OC2. The van der Waals surface area contributed by atoms with E-state index in [9.17, 15) is 27.9 Å². The van der Waals surface area contributed by atoms with E-state index in [-0.39, 0.29) is 29.3 Å². The number of halogens is 1. The molecular weight excluding hydrogens is 472 g/mol. The van der Waals surface area contributed by atoms with Crippen LogP contribution in [0.15, 0.2) is 11.1 Å². The van der Waals surface area contributed by atoms with Crippen molar-refractivity contribution in [3.63, 3.8) is 0 Å². The molecule has 1 aromatic carbocycles. The average molecular weight is 497 g/mol. The third-order valence-electron chi connectivity index (χ3n) is 5.41. The van der Waals surface area contributed by atoms with Crippen LogP contribution in [-0.2, 0) is 32.4 Å². The molecule has 1 heterocycles. The van der Waals surface area contributed by atoms with Gasteiger partial charge in [0.25, 0.3) is 0 Å². The van der Waals surface area contributed by atoms with Crippen molar-refractivity contribution >= 4 is 45.1 Å². The smallest absolute Gasteiger partial charge is 0.341 e. The lowest BCUT2D eigenvalue weighted by Crippen LogP contribution is -2.35. The predicted octanol–water partition coefficient (Wildman–Crippen LogP) is 2.54. The minimum atomic E-state index is -3.94. The van der Waals surface area contributed by atoms with E-state index in [1.165, 1.54) is 32.0 Å². The fraction of sp³-hybridized carbons (Fsp3) is 0.409. The van der Waals surface area contributed by atoms with Crippen molar-refractivity contribution in [1.29, 1.82) is 0 Å². The van der Waals surface area contributed by atoms with Gasteiger partial charge in [-0.25, -0.2) is 18.0 Å². The maximum Gasteiger partial charge on any atom is 0.341 e. The number of cyclic esters (lactones) is 1. The summed E-state index contributed by atoms with van der Waals surface area (Å²) in [6.45, 7) is 3.14. The predicted molar refractivity (Wildman–Crippen MR) is 124 cm³/mol. The lowest BCUT2D eigenvalue weighted by molar-refractivity contribution is -0.137.